The number of hydrogen-bond donors (Lipinski definition) is 0. The maximum atomic E-state index is 13.1. The van der Waals surface area contributed by atoms with Crippen molar-refractivity contribution in [2.45, 2.75) is 13.1 Å². The number of benzene rings is 2. The number of halogens is 1. The highest BCUT2D eigenvalue weighted by Crippen LogP contribution is 2.13. The second kappa shape index (κ2) is 8.01. The molecule has 2 aromatic heterocycles. The molecule has 0 aliphatic heterocycles. The Balaban J connectivity index is 1.40. The lowest BCUT2D eigenvalue weighted by atomic mass is 10.1. The lowest BCUT2D eigenvalue weighted by molar-refractivity contribution is 0.0785. The van der Waals surface area contributed by atoms with Gasteiger partial charge in [0.05, 0.1) is 18.4 Å². The third-order valence-corrected chi connectivity index (χ3v) is 4.43. The average Bonchev–Trinajstić information content (AvgIpc) is 3.41. The van der Waals surface area contributed by atoms with E-state index in [0.717, 1.165) is 16.8 Å². The van der Waals surface area contributed by atoms with Gasteiger partial charge in [-0.2, -0.15) is 5.10 Å². The Morgan fingerprint density at radius 1 is 1.07 bits per heavy atom. The van der Waals surface area contributed by atoms with E-state index in [0.29, 0.717) is 18.7 Å². The van der Waals surface area contributed by atoms with Gasteiger partial charge in [-0.1, -0.05) is 12.1 Å². The normalized spacial score (nSPS) is 10.8. The van der Waals surface area contributed by atoms with Crippen LogP contribution in [0, 0.1) is 5.82 Å². The van der Waals surface area contributed by atoms with Crippen LogP contribution in [0.15, 0.2) is 67.3 Å². The number of rotatable bonds is 6. The Morgan fingerprint density at radius 3 is 2.52 bits per heavy atom. The molecule has 146 valence electrons. The largest absolute Gasteiger partial charge is 0.337 e. The molecule has 0 atom stereocenters. The van der Waals surface area contributed by atoms with Crippen LogP contribution in [-0.2, 0) is 13.1 Å². The lowest BCUT2D eigenvalue weighted by Crippen LogP contribution is -2.26. The van der Waals surface area contributed by atoms with Crippen LogP contribution in [0.4, 0.5) is 4.39 Å². The SMILES string of the molecule is CN(Cc1cnn(-c2ccc(F)cc2)c1)C(=O)c1ccc(Cn2cnnn2)cc1. The van der Waals surface area contributed by atoms with E-state index in [-0.39, 0.29) is 11.7 Å². The van der Waals surface area contributed by atoms with E-state index in [1.807, 2.05) is 18.3 Å². The fourth-order valence-electron chi connectivity index (χ4n) is 2.94. The first-order valence-corrected chi connectivity index (χ1v) is 8.93. The minimum atomic E-state index is -0.296. The maximum absolute atomic E-state index is 13.1. The fraction of sp³-hybridized carbons (Fsp3) is 0.150. The first kappa shape index (κ1) is 18.5. The molecule has 0 fully saturated rings. The summed E-state index contributed by atoms with van der Waals surface area (Å²) in [5.74, 6) is -0.385. The van der Waals surface area contributed by atoms with Crippen molar-refractivity contribution in [3.63, 3.8) is 0 Å². The van der Waals surface area contributed by atoms with Crippen molar-refractivity contribution in [3.8, 4) is 5.69 Å². The molecule has 29 heavy (non-hydrogen) atoms. The first-order chi connectivity index (χ1) is 14.1. The van der Waals surface area contributed by atoms with Crippen LogP contribution >= 0.6 is 0 Å². The van der Waals surface area contributed by atoms with Gasteiger partial charge in [-0.25, -0.2) is 13.8 Å². The highest BCUT2D eigenvalue weighted by molar-refractivity contribution is 5.94. The summed E-state index contributed by atoms with van der Waals surface area (Å²) in [6.45, 7) is 0.951. The van der Waals surface area contributed by atoms with Crippen LogP contribution in [0.2, 0.25) is 0 Å². The number of carbonyl (C=O) groups excluding carboxylic acids is 1. The van der Waals surface area contributed by atoms with Crippen LogP contribution in [0.1, 0.15) is 21.5 Å². The van der Waals surface area contributed by atoms with Gasteiger partial charge in [-0.3, -0.25) is 4.79 Å². The lowest BCUT2D eigenvalue weighted by Gasteiger charge is -2.16. The molecule has 0 saturated carbocycles. The molecule has 4 rings (SSSR count). The van der Waals surface area contributed by atoms with Gasteiger partial charge in [-0.05, 0) is 52.4 Å². The highest BCUT2D eigenvalue weighted by atomic mass is 19.1. The van der Waals surface area contributed by atoms with Crippen LogP contribution in [-0.4, -0.2) is 47.8 Å². The zero-order valence-corrected chi connectivity index (χ0v) is 15.7. The van der Waals surface area contributed by atoms with E-state index < -0.39 is 0 Å². The monoisotopic (exact) mass is 391 g/mol. The van der Waals surface area contributed by atoms with Gasteiger partial charge >= 0.3 is 0 Å². The number of amides is 1. The highest BCUT2D eigenvalue weighted by Gasteiger charge is 2.13. The minimum Gasteiger partial charge on any atom is -0.337 e. The molecule has 0 aliphatic rings. The molecule has 0 saturated heterocycles. The summed E-state index contributed by atoms with van der Waals surface area (Å²) in [6, 6.07) is 13.4. The molecular formula is C20H18FN7O. The van der Waals surface area contributed by atoms with Crippen molar-refractivity contribution in [1.29, 1.82) is 0 Å². The predicted molar refractivity (Wildman–Crippen MR) is 103 cm³/mol. The molecule has 0 unspecified atom stereocenters. The number of aromatic nitrogens is 6. The van der Waals surface area contributed by atoms with E-state index in [9.17, 15) is 9.18 Å². The smallest absolute Gasteiger partial charge is 0.253 e. The Labute approximate surface area is 166 Å². The van der Waals surface area contributed by atoms with E-state index in [1.54, 1.807) is 58.1 Å². The van der Waals surface area contributed by atoms with E-state index in [2.05, 4.69) is 20.6 Å². The van der Waals surface area contributed by atoms with Crippen molar-refractivity contribution in [3.05, 3.63) is 89.8 Å². The Bertz CT molecular complexity index is 1090. The summed E-state index contributed by atoms with van der Waals surface area (Å²) in [5, 5.41) is 15.3. The second-order valence-electron chi connectivity index (χ2n) is 6.64. The van der Waals surface area contributed by atoms with E-state index in [1.165, 1.54) is 12.1 Å². The molecule has 1 amide bonds. The van der Waals surface area contributed by atoms with Gasteiger partial charge < -0.3 is 4.90 Å². The van der Waals surface area contributed by atoms with Crippen molar-refractivity contribution in [2.75, 3.05) is 7.05 Å². The Kier molecular flexibility index (Phi) is 5.10. The van der Waals surface area contributed by atoms with Crippen molar-refractivity contribution in [1.82, 2.24) is 34.9 Å². The molecule has 8 nitrogen and oxygen atoms in total. The molecule has 2 aromatic carbocycles. The number of nitrogens with zero attached hydrogens (tertiary/aromatic N) is 7. The second-order valence-corrected chi connectivity index (χ2v) is 6.64. The van der Waals surface area contributed by atoms with Crippen molar-refractivity contribution in [2.24, 2.45) is 0 Å². The zero-order valence-electron chi connectivity index (χ0n) is 15.7. The zero-order chi connectivity index (χ0) is 20.2. The topological polar surface area (TPSA) is 81.7 Å². The summed E-state index contributed by atoms with van der Waals surface area (Å²) >= 11 is 0. The number of carbonyl (C=O) groups is 1. The number of tetrazole rings is 1. The van der Waals surface area contributed by atoms with Gasteiger partial charge in [0.25, 0.3) is 5.91 Å². The molecule has 0 radical (unpaired) electrons. The summed E-state index contributed by atoms with van der Waals surface area (Å²) in [5.41, 5.74) is 3.22. The molecule has 0 aliphatic carbocycles. The van der Waals surface area contributed by atoms with Gasteiger partial charge in [0.2, 0.25) is 0 Å². The maximum Gasteiger partial charge on any atom is 0.253 e. The quantitative estimate of drug-likeness (QED) is 0.504. The Morgan fingerprint density at radius 2 is 1.83 bits per heavy atom. The first-order valence-electron chi connectivity index (χ1n) is 8.93. The van der Waals surface area contributed by atoms with Gasteiger partial charge in [0, 0.05) is 30.9 Å². The molecule has 2 heterocycles. The minimum absolute atomic E-state index is 0.0893. The Hall–Kier alpha value is -3.88. The van der Waals surface area contributed by atoms with E-state index in [4.69, 9.17) is 0 Å². The van der Waals surface area contributed by atoms with Crippen LogP contribution in [0.5, 0.6) is 0 Å². The fourth-order valence-corrected chi connectivity index (χ4v) is 2.94. The molecule has 0 bridgehead atoms. The summed E-state index contributed by atoms with van der Waals surface area (Å²) < 4.78 is 16.3. The molecule has 9 heteroatoms. The van der Waals surface area contributed by atoms with Crippen LogP contribution in [0.25, 0.3) is 5.69 Å². The molecule has 0 N–H and O–H groups in total. The third-order valence-electron chi connectivity index (χ3n) is 4.43. The average molecular weight is 391 g/mol. The molecule has 4 aromatic rings. The standard InChI is InChI=1S/C20H18FN7O/c1-26(11-16-10-23-28(13-16)19-8-6-18(21)7-9-19)20(29)17-4-2-15(3-5-17)12-27-14-22-24-25-27/h2-10,13-14H,11-12H2,1H3. The van der Waals surface area contributed by atoms with Crippen LogP contribution < -0.4 is 0 Å². The predicted octanol–water partition coefficient (Wildman–Crippen LogP) is 2.32. The van der Waals surface area contributed by atoms with Crippen molar-refractivity contribution >= 4 is 5.91 Å². The van der Waals surface area contributed by atoms with E-state index >= 15 is 0 Å². The number of hydrogen-bond acceptors (Lipinski definition) is 5. The van der Waals surface area contributed by atoms with Gasteiger partial charge in [0.1, 0.15) is 12.1 Å². The van der Waals surface area contributed by atoms with Crippen molar-refractivity contribution < 1.29 is 9.18 Å². The third kappa shape index (κ3) is 4.34. The summed E-state index contributed by atoms with van der Waals surface area (Å²) in [6.07, 6.45) is 5.06. The summed E-state index contributed by atoms with van der Waals surface area (Å²) in [7, 11) is 1.74. The summed E-state index contributed by atoms with van der Waals surface area (Å²) in [4.78, 5) is 14.3. The van der Waals surface area contributed by atoms with Crippen LogP contribution in [0.3, 0.4) is 0 Å². The van der Waals surface area contributed by atoms with Gasteiger partial charge in [0.15, 0.2) is 0 Å². The molecule has 0 spiro atoms. The molecular weight excluding hydrogens is 373 g/mol. The van der Waals surface area contributed by atoms with Gasteiger partial charge in [-0.15, -0.1) is 5.10 Å².